The number of anilines is 1. The van der Waals surface area contributed by atoms with Crippen molar-refractivity contribution in [1.29, 1.82) is 0 Å². The molecule has 3 N–H and O–H groups in total. The van der Waals surface area contributed by atoms with E-state index in [1.165, 1.54) is 5.56 Å². The summed E-state index contributed by atoms with van der Waals surface area (Å²) in [5.74, 6) is 5.69. The summed E-state index contributed by atoms with van der Waals surface area (Å²) in [4.78, 5) is 4.80. The van der Waals surface area contributed by atoms with E-state index in [0.29, 0.717) is 0 Å². The second kappa shape index (κ2) is 4.76. The van der Waals surface area contributed by atoms with Crippen LogP contribution < -0.4 is 11.3 Å². The molecule has 1 heterocycles. The number of hydrogen-bond donors (Lipinski definition) is 2. The highest BCUT2D eigenvalue weighted by molar-refractivity contribution is 9.10. The molecule has 102 valence electrons. The fourth-order valence-electron chi connectivity index (χ4n) is 2.24. The number of hydrogen-bond acceptors (Lipinski definition) is 3. The molecular formula is C15H20BrN3. The molecule has 2 rings (SSSR count). The zero-order valence-electron chi connectivity index (χ0n) is 12.1. The number of nitrogens with one attached hydrogen (secondary N) is 1. The number of fused-ring (bicyclic) bond motifs is 1. The smallest absolute Gasteiger partial charge is 0.0732 e. The summed E-state index contributed by atoms with van der Waals surface area (Å²) < 4.78 is 1.11. The number of halogens is 1. The molecule has 3 nitrogen and oxygen atoms in total. The minimum Gasteiger partial charge on any atom is -0.323 e. The van der Waals surface area contributed by atoms with Gasteiger partial charge in [-0.15, -0.1) is 0 Å². The van der Waals surface area contributed by atoms with Crippen molar-refractivity contribution in [2.75, 3.05) is 5.43 Å². The van der Waals surface area contributed by atoms with Crippen LogP contribution in [0.2, 0.25) is 0 Å². The Morgan fingerprint density at radius 3 is 2.37 bits per heavy atom. The molecule has 19 heavy (non-hydrogen) atoms. The Hall–Kier alpha value is -1.13. The molecule has 0 radical (unpaired) electrons. The Labute approximate surface area is 122 Å². The Bertz CT molecular complexity index is 642. The van der Waals surface area contributed by atoms with Crippen LogP contribution in [0.4, 0.5) is 5.69 Å². The van der Waals surface area contributed by atoms with Gasteiger partial charge in [0.15, 0.2) is 0 Å². The Kier molecular flexibility index (Phi) is 3.58. The molecule has 0 unspecified atom stereocenters. The number of benzene rings is 1. The average molecular weight is 322 g/mol. The van der Waals surface area contributed by atoms with Crippen molar-refractivity contribution in [3.8, 4) is 0 Å². The quantitative estimate of drug-likeness (QED) is 0.611. The van der Waals surface area contributed by atoms with Crippen molar-refractivity contribution in [3.05, 3.63) is 33.4 Å². The molecule has 0 aliphatic carbocycles. The van der Waals surface area contributed by atoms with E-state index in [9.17, 15) is 0 Å². The highest BCUT2D eigenvalue weighted by Crippen LogP contribution is 2.35. The third-order valence-corrected chi connectivity index (χ3v) is 4.60. The highest BCUT2D eigenvalue weighted by Gasteiger charge is 2.19. The topological polar surface area (TPSA) is 50.9 Å². The van der Waals surface area contributed by atoms with Crippen molar-refractivity contribution in [2.24, 2.45) is 5.84 Å². The van der Waals surface area contributed by atoms with Crippen LogP contribution in [-0.2, 0) is 5.41 Å². The van der Waals surface area contributed by atoms with Crippen LogP contribution in [0.1, 0.15) is 37.6 Å². The summed E-state index contributed by atoms with van der Waals surface area (Å²) in [6.45, 7) is 10.6. The van der Waals surface area contributed by atoms with Gasteiger partial charge in [-0.3, -0.25) is 10.8 Å². The lowest BCUT2D eigenvalue weighted by Gasteiger charge is -2.21. The zero-order valence-corrected chi connectivity index (χ0v) is 13.6. The molecule has 1 aromatic heterocycles. The van der Waals surface area contributed by atoms with Crippen LogP contribution in [0.3, 0.4) is 0 Å². The van der Waals surface area contributed by atoms with Gasteiger partial charge in [-0.1, -0.05) is 36.7 Å². The van der Waals surface area contributed by atoms with Crippen LogP contribution in [0.15, 0.2) is 16.6 Å². The van der Waals surface area contributed by atoms with Gasteiger partial charge in [-0.2, -0.15) is 0 Å². The number of nitrogens with zero attached hydrogens (tertiary/aromatic N) is 1. The first kappa shape index (κ1) is 14.3. The number of hydrazine groups is 1. The molecule has 2 aromatic rings. The Morgan fingerprint density at radius 1 is 1.21 bits per heavy atom. The monoisotopic (exact) mass is 321 g/mol. The standard InChI is InChI=1S/C15H20BrN3/c1-8-6-10-13(9(2)14(8)16)11(19-17)7-12(18-10)15(3,4)5/h6-7H,17H2,1-5H3,(H,18,19). The molecule has 0 atom stereocenters. The largest absolute Gasteiger partial charge is 0.323 e. The summed E-state index contributed by atoms with van der Waals surface area (Å²) in [6.07, 6.45) is 0. The van der Waals surface area contributed by atoms with E-state index in [1.54, 1.807) is 0 Å². The van der Waals surface area contributed by atoms with Crippen LogP contribution in [0, 0.1) is 13.8 Å². The number of pyridine rings is 1. The van der Waals surface area contributed by atoms with E-state index >= 15 is 0 Å². The molecule has 0 fully saturated rings. The lowest BCUT2D eigenvalue weighted by atomic mass is 9.90. The van der Waals surface area contributed by atoms with Crippen LogP contribution in [0.5, 0.6) is 0 Å². The van der Waals surface area contributed by atoms with E-state index < -0.39 is 0 Å². The van der Waals surface area contributed by atoms with E-state index in [4.69, 9.17) is 10.8 Å². The number of aromatic nitrogens is 1. The highest BCUT2D eigenvalue weighted by atomic mass is 79.9. The third kappa shape index (κ3) is 2.47. The van der Waals surface area contributed by atoms with Gasteiger partial charge in [0.2, 0.25) is 0 Å². The lowest BCUT2D eigenvalue weighted by Crippen LogP contribution is -2.16. The Morgan fingerprint density at radius 2 is 1.84 bits per heavy atom. The second-order valence-electron chi connectivity index (χ2n) is 5.98. The molecule has 1 aromatic carbocycles. The van der Waals surface area contributed by atoms with E-state index in [2.05, 4.69) is 62.0 Å². The normalized spacial score (nSPS) is 11.9. The molecule has 0 saturated heterocycles. The third-order valence-electron chi connectivity index (χ3n) is 3.38. The van der Waals surface area contributed by atoms with E-state index in [-0.39, 0.29) is 5.41 Å². The minimum atomic E-state index is -0.00528. The maximum Gasteiger partial charge on any atom is 0.0732 e. The predicted octanol–water partition coefficient (Wildman–Crippen LogP) is 4.20. The fourth-order valence-corrected chi connectivity index (χ4v) is 2.55. The summed E-state index contributed by atoms with van der Waals surface area (Å²) in [7, 11) is 0. The Balaban J connectivity index is 2.89. The first-order valence-electron chi connectivity index (χ1n) is 6.33. The number of nitrogens with two attached hydrogens (primary N) is 1. The average Bonchev–Trinajstić information content (AvgIpc) is 2.33. The van der Waals surface area contributed by atoms with Crippen LogP contribution in [0.25, 0.3) is 10.9 Å². The summed E-state index contributed by atoms with van der Waals surface area (Å²) >= 11 is 3.63. The number of rotatable bonds is 1. The van der Waals surface area contributed by atoms with Crippen LogP contribution in [-0.4, -0.2) is 4.98 Å². The van der Waals surface area contributed by atoms with Gasteiger partial charge < -0.3 is 5.43 Å². The molecule has 4 heteroatoms. The first-order chi connectivity index (χ1) is 8.75. The summed E-state index contributed by atoms with van der Waals surface area (Å²) in [5, 5.41) is 1.08. The van der Waals surface area contributed by atoms with Gasteiger partial charge in [0, 0.05) is 21.0 Å². The van der Waals surface area contributed by atoms with Gasteiger partial charge in [-0.25, -0.2) is 0 Å². The van der Waals surface area contributed by atoms with Crippen LogP contribution >= 0.6 is 15.9 Å². The number of nitrogen functional groups attached to an aromatic ring is 1. The van der Waals surface area contributed by atoms with E-state index in [1.807, 2.05) is 6.07 Å². The maximum atomic E-state index is 5.69. The molecule has 0 amide bonds. The fraction of sp³-hybridized carbons (Fsp3) is 0.400. The lowest BCUT2D eigenvalue weighted by molar-refractivity contribution is 0.572. The number of aryl methyl sites for hydroxylation is 2. The summed E-state index contributed by atoms with van der Waals surface area (Å²) in [5.41, 5.74) is 8.10. The molecule has 0 spiro atoms. The van der Waals surface area contributed by atoms with Gasteiger partial charge in [-0.05, 0) is 37.1 Å². The first-order valence-corrected chi connectivity index (χ1v) is 7.12. The van der Waals surface area contributed by atoms with Crippen molar-refractivity contribution in [1.82, 2.24) is 4.98 Å². The molecular weight excluding hydrogens is 302 g/mol. The van der Waals surface area contributed by atoms with Crippen molar-refractivity contribution in [3.63, 3.8) is 0 Å². The van der Waals surface area contributed by atoms with Crippen molar-refractivity contribution in [2.45, 2.75) is 40.0 Å². The van der Waals surface area contributed by atoms with Crippen molar-refractivity contribution >= 4 is 32.5 Å². The van der Waals surface area contributed by atoms with E-state index in [0.717, 1.165) is 32.3 Å². The zero-order chi connectivity index (χ0) is 14.4. The van der Waals surface area contributed by atoms with Gasteiger partial charge in [0.1, 0.15) is 0 Å². The maximum absolute atomic E-state index is 5.69. The molecule has 0 aliphatic rings. The molecule has 0 bridgehead atoms. The van der Waals surface area contributed by atoms with Crippen molar-refractivity contribution < 1.29 is 0 Å². The van der Waals surface area contributed by atoms with Gasteiger partial charge >= 0.3 is 0 Å². The van der Waals surface area contributed by atoms with Gasteiger partial charge in [0.05, 0.1) is 11.2 Å². The molecule has 0 saturated carbocycles. The summed E-state index contributed by atoms with van der Waals surface area (Å²) in [6, 6.07) is 4.14. The van der Waals surface area contributed by atoms with Gasteiger partial charge in [0.25, 0.3) is 0 Å². The second-order valence-corrected chi connectivity index (χ2v) is 6.77. The SMILES string of the molecule is Cc1cc2nc(C(C)(C)C)cc(NN)c2c(C)c1Br. The predicted molar refractivity (Wildman–Crippen MR) is 85.4 cm³/mol. The molecule has 0 aliphatic heterocycles. The minimum absolute atomic E-state index is 0.00528.